The summed E-state index contributed by atoms with van der Waals surface area (Å²) in [5.74, 6) is 0. The number of nitrogens with one attached hydrogen (secondary N) is 1. The third kappa shape index (κ3) is 24.9. The summed E-state index contributed by atoms with van der Waals surface area (Å²) < 4.78 is 27.0. The first-order chi connectivity index (χ1) is 17.1. The van der Waals surface area contributed by atoms with E-state index < -0.39 is 33.2 Å². The Hall–Kier alpha value is -0.740. The first kappa shape index (κ1) is 35.3. The minimum Gasteiger partial charge on any atom is -0.756 e. The van der Waals surface area contributed by atoms with Crippen LogP contribution in [0, 0.1) is 0 Å². The van der Waals surface area contributed by atoms with Crippen LogP contribution in [0.2, 0.25) is 0 Å². The van der Waals surface area contributed by atoms with Crippen molar-refractivity contribution in [1.82, 2.24) is 5.32 Å². The van der Waals surface area contributed by atoms with Crippen molar-refractivity contribution in [1.29, 1.82) is 0 Å². The fourth-order valence-corrected chi connectivity index (χ4v) is 4.27. The van der Waals surface area contributed by atoms with Gasteiger partial charge in [0.15, 0.2) is 6.10 Å². The van der Waals surface area contributed by atoms with Crippen LogP contribution in [0.3, 0.4) is 0 Å². The van der Waals surface area contributed by atoms with Crippen LogP contribution in [0.5, 0.6) is 0 Å². The number of likely N-dealkylation sites (N-methyl/N-ethyl adjacent to an activating group) is 1. The van der Waals surface area contributed by atoms with Crippen molar-refractivity contribution >= 4 is 13.9 Å². The van der Waals surface area contributed by atoms with Crippen molar-refractivity contribution < 1.29 is 42.7 Å². The van der Waals surface area contributed by atoms with Gasteiger partial charge in [-0.05, 0) is 6.42 Å². The molecule has 0 saturated heterocycles. The molecule has 0 aromatic heterocycles. The van der Waals surface area contributed by atoms with E-state index in [0.717, 1.165) is 19.3 Å². The molecule has 2 atom stereocenters. The highest BCUT2D eigenvalue weighted by Crippen LogP contribution is 2.38. The zero-order valence-corrected chi connectivity index (χ0v) is 24.1. The van der Waals surface area contributed by atoms with Gasteiger partial charge in [0.05, 0.1) is 27.7 Å². The molecule has 0 heterocycles. The predicted molar refractivity (Wildman–Crippen MR) is 140 cm³/mol. The number of hydrogen-bond acceptors (Lipinski definition) is 8. The fourth-order valence-electron chi connectivity index (χ4n) is 3.54. The Labute approximate surface area is 219 Å². The summed E-state index contributed by atoms with van der Waals surface area (Å²) in [5, 5.41) is 11.3. The van der Waals surface area contributed by atoms with E-state index in [-0.39, 0.29) is 6.61 Å². The molecule has 0 radical (unpaired) electrons. The molecule has 0 aliphatic rings. The molecule has 0 aliphatic heterocycles. The Morgan fingerprint density at radius 1 is 0.861 bits per heavy atom. The summed E-state index contributed by atoms with van der Waals surface area (Å²) >= 11 is 0. The first-order valence-corrected chi connectivity index (χ1v) is 15.2. The SMILES string of the molecule is CCCCCCCCCCCCCCCCNC(=O)O[C@H](COO)COP(=O)([O-])OCC[N+](C)(C)C. The molecule has 0 saturated carbocycles. The number of unbranched alkanes of at least 4 members (excludes halogenated alkanes) is 13. The van der Waals surface area contributed by atoms with E-state index in [9.17, 15) is 14.3 Å². The molecule has 216 valence electrons. The average molecular weight is 541 g/mol. The molecule has 11 heteroatoms. The highest BCUT2D eigenvalue weighted by atomic mass is 31.2. The van der Waals surface area contributed by atoms with Crippen LogP contribution in [0.4, 0.5) is 4.79 Å². The van der Waals surface area contributed by atoms with Crippen molar-refractivity contribution in [2.45, 2.75) is 103 Å². The smallest absolute Gasteiger partial charge is 0.407 e. The van der Waals surface area contributed by atoms with Gasteiger partial charge in [-0.1, -0.05) is 90.4 Å². The normalized spacial score (nSPS) is 14.4. The minimum atomic E-state index is -4.56. The Bertz CT molecular complexity index is 575. The Morgan fingerprint density at radius 2 is 1.36 bits per heavy atom. The van der Waals surface area contributed by atoms with Gasteiger partial charge in [0.1, 0.15) is 19.8 Å². The van der Waals surface area contributed by atoms with E-state index in [1.807, 2.05) is 21.1 Å². The molecule has 1 unspecified atom stereocenters. The number of nitrogens with zero attached hydrogens (tertiary/aromatic N) is 1. The molecule has 0 fully saturated rings. The van der Waals surface area contributed by atoms with Gasteiger partial charge in [0.25, 0.3) is 7.82 Å². The minimum absolute atomic E-state index is 0.0357. The van der Waals surface area contributed by atoms with Crippen LogP contribution in [0.1, 0.15) is 96.8 Å². The zero-order chi connectivity index (χ0) is 27.1. The molecule has 0 spiro atoms. The molecule has 0 bridgehead atoms. The Morgan fingerprint density at radius 3 is 1.83 bits per heavy atom. The summed E-state index contributed by atoms with van der Waals surface area (Å²) in [5.41, 5.74) is 0. The van der Waals surface area contributed by atoms with E-state index in [1.54, 1.807) is 0 Å². The lowest BCUT2D eigenvalue weighted by Crippen LogP contribution is -2.38. The quantitative estimate of drug-likeness (QED) is 0.0528. The number of alkyl carbamates (subject to hydrolysis) is 1. The van der Waals surface area contributed by atoms with Gasteiger partial charge in [0, 0.05) is 6.54 Å². The second-order valence-electron chi connectivity index (χ2n) is 10.4. The Balaban J connectivity index is 3.79. The van der Waals surface area contributed by atoms with Gasteiger partial charge in [-0.3, -0.25) is 9.82 Å². The predicted octanol–water partition coefficient (Wildman–Crippen LogP) is 5.26. The van der Waals surface area contributed by atoms with E-state index in [0.29, 0.717) is 17.6 Å². The summed E-state index contributed by atoms with van der Waals surface area (Å²) in [6, 6.07) is 0. The van der Waals surface area contributed by atoms with Gasteiger partial charge < -0.3 is 28.5 Å². The molecular weight excluding hydrogens is 487 g/mol. The molecule has 0 aromatic carbocycles. The number of phosphoric acid groups is 1. The topological polar surface area (TPSA) is 126 Å². The molecular formula is C25H53N2O8P. The number of hydrogen-bond donors (Lipinski definition) is 2. The molecule has 0 aliphatic carbocycles. The van der Waals surface area contributed by atoms with Gasteiger partial charge in [0.2, 0.25) is 0 Å². The van der Waals surface area contributed by atoms with E-state index in [4.69, 9.17) is 19.0 Å². The second kappa shape index (κ2) is 22.3. The van der Waals surface area contributed by atoms with E-state index >= 15 is 0 Å². The van der Waals surface area contributed by atoms with Crippen molar-refractivity contribution in [3.05, 3.63) is 0 Å². The maximum absolute atomic E-state index is 12.0. The number of amides is 1. The van der Waals surface area contributed by atoms with E-state index in [2.05, 4.69) is 17.1 Å². The number of carbonyl (C=O) groups is 1. The first-order valence-electron chi connectivity index (χ1n) is 13.7. The van der Waals surface area contributed by atoms with Crippen LogP contribution in [0.15, 0.2) is 0 Å². The van der Waals surface area contributed by atoms with Gasteiger partial charge in [-0.15, -0.1) is 0 Å². The molecule has 10 nitrogen and oxygen atoms in total. The van der Waals surface area contributed by atoms with Crippen LogP contribution in [-0.4, -0.2) is 76.0 Å². The largest absolute Gasteiger partial charge is 0.756 e. The number of carbonyl (C=O) groups excluding carboxylic acids is 1. The second-order valence-corrected chi connectivity index (χ2v) is 11.8. The standard InChI is InChI=1S/C25H53N2O8P/c1-5-6-7-8-9-10-11-12-13-14-15-16-17-18-19-26-25(28)35-24(22-32-29)23-34-36(30,31)33-21-20-27(2,3)4/h24H,5-23H2,1-4H3,(H2-,26,28,29,30,31)/t24-/m1/s1. The number of quaternary nitrogens is 1. The molecule has 0 rings (SSSR count). The monoisotopic (exact) mass is 540 g/mol. The Kier molecular flexibility index (Phi) is 21.8. The third-order valence-electron chi connectivity index (χ3n) is 5.76. The lowest BCUT2D eigenvalue weighted by atomic mass is 10.0. The highest BCUT2D eigenvalue weighted by molar-refractivity contribution is 7.45. The van der Waals surface area contributed by atoms with Crippen LogP contribution >= 0.6 is 7.82 Å². The third-order valence-corrected chi connectivity index (χ3v) is 6.73. The number of rotatable bonds is 25. The maximum Gasteiger partial charge on any atom is 0.407 e. The van der Waals surface area contributed by atoms with Gasteiger partial charge >= 0.3 is 6.09 Å². The number of ether oxygens (including phenoxy) is 1. The van der Waals surface area contributed by atoms with Crippen molar-refractivity contribution in [3.8, 4) is 0 Å². The van der Waals surface area contributed by atoms with Crippen LogP contribution in [0.25, 0.3) is 0 Å². The summed E-state index contributed by atoms with van der Waals surface area (Å²) in [4.78, 5) is 27.8. The average Bonchev–Trinajstić information content (AvgIpc) is 2.79. The van der Waals surface area contributed by atoms with Crippen molar-refractivity contribution in [2.24, 2.45) is 0 Å². The van der Waals surface area contributed by atoms with E-state index in [1.165, 1.54) is 70.6 Å². The van der Waals surface area contributed by atoms with Gasteiger partial charge in [-0.2, -0.15) is 0 Å². The number of phosphoric ester groups is 1. The lowest BCUT2D eigenvalue weighted by Gasteiger charge is -2.28. The van der Waals surface area contributed by atoms with Crippen molar-refractivity contribution in [3.63, 3.8) is 0 Å². The molecule has 1 amide bonds. The highest BCUT2D eigenvalue weighted by Gasteiger charge is 2.20. The lowest BCUT2D eigenvalue weighted by molar-refractivity contribution is -0.870. The maximum atomic E-state index is 12.0. The van der Waals surface area contributed by atoms with Crippen LogP contribution < -0.4 is 10.2 Å². The summed E-state index contributed by atoms with van der Waals surface area (Å²) in [6.07, 6.45) is 15.8. The summed E-state index contributed by atoms with van der Waals surface area (Å²) in [6.45, 7) is 2.20. The van der Waals surface area contributed by atoms with Crippen molar-refractivity contribution in [2.75, 3.05) is 54.1 Å². The van der Waals surface area contributed by atoms with Crippen LogP contribution in [-0.2, 0) is 23.2 Å². The fraction of sp³-hybridized carbons (Fsp3) is 0.960. The summed E-state index contributed by atoms with van der Waals surface area (Å²) in [7, 11) is 1.15. The molecule has 0 aromatic rings. The molecule has 36 heavy (non-hydrogen) atoms. The zero-order valence-electron chi connectivity index (χ0n) is 23.2. The van der Waals surface area contributed by atoms with Gasteiger partial charge in [-0.25, -0.2) is 9.68 Å². The molecule has 2 N–H and O–H groups in total.